The highest BCUT2D eigenvalue weighted by Gasteiger charge is 2.13. The number of hydrogen-bond acceptors (Lipinski definition) is 5. The van der Waals surface area contributed by atoms with Crippen LogP contribution in [0.2, 0.25) is 0 Å². The fourth-order valence-corrected chi connectivity index (χ4v) is 1.12. The summed E-state index contributed by atoms with van der Waals surface area (Å²) in [5.74, 6) is -0.924. The Morgan fingerprint density at radius 3 is 2.67 bits per heavy atom. The molecule has 0 aromatic heterocycles. The van der Waals surface area contributed by atoms with Crippen molar-refractivity contribution in [1.29, 1.82) is 0 Å². The summed E-state index contributed by atoms with van der Waals surface area (Å²) in [6.07, 6.45) is 0. The molecule has 1 unspecified atom stereocenters. The van der Waals surface area contributed by atoms with Gasteiger partial charge in [0.1, 0.15) is 0 Å². The van der Waals surface area contributed by atoms with Gasteiger partial charge in [0.15, 0.2) is 0 Å². The first-order chi connectivity index (χ1) is 7.15. The van der Waals surface area contributed by atoms with Crippen molar-refractivity contribution in [3.63, 3.8) is 0 Å². The molecule has 0 aliphatic rings. The lowest BCUT2D eigenvalue weighted by Crippen LogP contribution is -2.06. The molecular weight excluding hydrogens is 223 g/mol. The largest absolute Gasteiger partial charge is 0.392 e. The van der Waals surface area contributed by atoms with Crippen molar-refractivity contribution in [2.24, 2.45) is 0 Å². The molecule has 7 heteroatoms. The lowest BCUT2D eigenvalue weighted by Gasteiger charge is -2.04. The van der Waals surface area contributed by atoms with Crippen LogP contribution in [0.1, 0.15) is 15.9 Å². The second-order valence-electron chi connectivity index (χ2n) is 2.54. The highest BCUT2D eigenvalue weighted by molar-refractivity contribution is 7.31. The predicted octanol–water partition coefficient (Wildman–Crippen LogP) is 0.649. The van der Waals surface area contributed by atoms with Gasteiger partial charge in [0.2, 0.25) is 0 Å². The molecule has 0 saturated carbocycles. The molecule has 0 bridgehead atoms. The van der Waals surface area contributed by atoms with E-state index in [9.17, 15) is 9.36 Å². The minimum atomic E-state index is -3.31. The monoisotopic (exact) mass is 232 g/mol. The van der Waals surface area contributed by atoms with Gasteiger partial charge in [-0.05, 0) is 11.6 Å². The number of aliphatic hydroxyl groups is 1. The molecule has 2 N–H and O–H groups in total. The Hall–Kier alpha value is -1.20. The van der Waals surface area contributed by atoms with Crippen molar-refractivity contribution >= 4 is 14.2 Å². The molecule has 0 fully saturated rings. The molecule has 0 aliphatic carbocycles. The van der Waals surface area contributed by atoms with Crippen molar-refractivity contribution in [3.05, 3.63) is 35.4 Å². The average Bonchev–Trinajstić information content (AvgIpc) is 2.25. The summed E-state index contributed by atoms with van der Waals surface area (Å²) in [5.41, 5.74) is 0.437. The molecule has 0 spiro atoms. The van der Waals surface area contributed by atoms with Crippen LogP contribution < -0.4 is 0 Å². The summed E-state index contributed by atoms with van der Waals surface area (Å²) in [6, 6.07) is 6.14. The van der Waals surface area contributed by atoms with Crippen molar-refractivity contribution in [1.82, 2.24) is 0 Å². The second-order valence-corrected chi connectivity index (χ2v) is 3.23. The molecule has 0 radical (unpaired) electrons. The minimum absolute atomic E-state index is 0.0863. The molecular formula is C8H9O6P. The minimum Gasteiger partial charge on any atom is -0.392 e. The highest BCUT2D eigenvalue weighted by Crippen LogP contribution is 2.17. The Kier molecular flexibility index (Phi) is 4.45. The molecule has 1 aromatic carbocycles. The van der Waals surface area contributed by atoms with E-state index in [4.69, 9.17) is 10.00 Å². The lowest BCUT2D eigenvalue weighted by atomic mass is 10.1. The zero-order valence-corrected chi connectivity index (χ0v) is 8.54. The normalized spacial score (nSPS) is 12.1. The summed E-state index contributed by atoms with van der Waals surface area (Å²) >= 11 is 0. The van der Waals surface area contributed by atoms with Gasteiger partial charge in [0.25, 0.3) is 0 Å². The van der Waals surface area contributed by atoms with Gasteiger partial charge < -0.3 is 10.00 Å². The van der Waals surface area contributed by atoms with E-state index in [2.05, 4.69) is 9.56 Å². The van der Waals surface area contributed by atoms with E-state index in [0.29, 0.717) is 5.56 Å². The summed E-state index contributed by atoms with van der Waals surface area (Å²) in [7, 11) is -3.31. The van der Waals surface area contributed by atoms with Gasteiger partial charge in [-0.3, -0.25) is 9.45 Å². The van der Waals surface area contributed by atoms with Gasteiger partial charge in [-0.2, -0.15) is 0 Å². The smallest absolute Gasteiger partial charge is 0.374 e. The number of hydrogen-bond donors (Lipinski definition) is 2. The summed E-state index contributed by atoms with van der Waals surface area (Å²) in [6.45, 7) is -0.334. The van der Waals surface area contributed by atoms with Crippen molar-refractivity contribution < 1.29 is 28.9 Å². The van der Waals surface area contributed by atoms with E-state index >= 15 is 0 Å². The molecule has 0 saturated heterocycles. The van der Waals surface area contributed by atoms with Crippen LogP contribution in [0.25, 0.3) is 0 Å². The quantitative estimate of drug-likeness (QED) is 0.449. The molecule has 0 amide bonds. The van der Waals surface area contributed by atoms with Crippen LogP contribution in [0.3, 0.4) is 0 Å². The van der Waals surface area contributed by atoms with Gasteiger partial charge in [0.05, 0.1) is 12.2 Å². The summed E-state index contributed by atoms with van der Waals surface area (Å²) in [4.78, 5) is 23.6. The molecule has 1 aromatic rings. The Bertz CT molecular complexity index is 377. The number of carbonyl (C=O) groups is 1. The second kappa shape index (κ2) is 5.63. The average molecular weight is 232 g/mol. The fraction of sp³-hybridized carbons (Fsp3) is 0.125. The van der Waals surface area contributed by atoms with Gasteiger partial charge in [0, 0.05) is 0 Å². The van der Waals surface area contributed by atoms with Gasteiger partial charge in [-0.1, -0.05) is 22.9 Å². The third-order valence-corrected chi connectivity index (χ3v) is 1.82. The highest BCUT2D eigenvalue weighted by atomic mass is 31.1. The Morgan fingerprint density at radius 1 is 1.40 bits per heavy atom. The first-order valence-electron chi connectivity index (χ1n) is 3.95. The van der Waals surface area contributed by atoms with Crippen LogP contribution in [0.4, 0.5) is 0 Å². The maximum absolute atomic E-state index is 11.2. The van der Waals surface area contributed by atoms with Crippen molar-refractivity contribution in [3.8, 4) is 0 Å². The summed E-state index contributed by atoms with van der Waals surface area (Å²) < 4.78 is 14.0. The molecule has 6 nitrogen and oxygen atoms in total. The number of rotatable bonds is 4. The number of carbonyl (C=O) groups excluding carboxylic acids is 1. The van der Waals surface area contributed by atoms with E-state index in [0.717, 1.165) is 0 Å². The third kappa shape index (κ3) is 3.45. The number of benzene rings is 1. The van der Waals surface area contributed by atoms with Gasteiger partial charge in [-0.15, -0.1) is 0 Å². The van der Waals surface area contributed by atoms with Crippen LogP contribution in [0, 0.1) is 0 Å². The molecule has 1 atom stereocenters. The fourth-order valence-electron chi connectivity index (χ4n) is 0.976. The number of aliphatic hydroxyl groups excluding tert-OH is 1. The molecule has 15 heavy (non-hydrogen) atoms. The van der Waals surface area contributed by atoms with Crippen molar-refractivity contribution in [2.75, 3.05) is 0 Å². The molecule has 82 valence electrons. The van der Waals surface area contributed by atoms with E-state index in [1.165, 1.54) is 12.1 Å². The van der Waals surface area contributed by atoms with Crippen LogP contribution in [-0.4, -0.2) is 16.0 Å². The van der Waals surface area contributed by atoms with Crippen LogP contribution in [-0.2, 0) is 20.7 Å². The van der Waals surface area contributed by atoms with Crippen molar-refractivity contribution in [2.45, 2.75) is 6.61 Å². The van der Waals surface area contributed by atoms with Gasteiger partial charge >= 0.3 is 14.2 Å². The molecule has 0 aliphatic heterocycles. The van der Waals surface area contributed by atoms with Crippen LogP contribution in [0.15, 0.2) is 24.3 Å². The standard InChI is InChI=1S/C8H9O6P/c9-5-6-3-1-2-4-7(6)8(10)13-14-15(11)12/h1-4,9,15H,5H2,(H,11,12). The third-order valence-electron chi connectivity index (χ3n) is 1.60. The van der Waals surface area contributed by atoms with Crippen LogP contribution in [0.5, 0.6) is 0 Å². The molecule has 0 heterocycles. The first-order valence-corrected chi connectivity index (χ1v) is 5.22. The summed E-state index contributed by atoms with van der Waals surface area (Å²) in [5, 5.41) is 8.89. The lowest BCUT2D eigenvalue weighted by molar-refractivity contribution is -0.150. The maximum Gasteiger partial charge on any atom is 0.374 e. The van der Waals surface area contributed by atoms with Crippen LogP contribution >= 0.6 is 8.25 Å². The van der Waals surface area contributed by atoms with E-state index in [1.807, 2.05) is 0 Å². The van der Waals surface area contributed by atoms with E-state index in [1.54, 1.807) is 12.1 Å². The van der Waals surface area contributed by atoms with Gasteiger partial charge in [-0.25, -0.2) is 4.79 Å². The zero-order valence-electron chi connectivity index (χ0n) is 7.54. The Balaban J connectivity index is 2.77. The Morgan fingerprint density at radius 2 is 2.07 bits per heavy atom. The van der Waals surface area contributed by atoms with E-state index in [-0.39, 0.29) is 12.2 Å². The van der Waals surface area contributed by atoms with E-state index < -0.39 is 14.2 Å². The zero-order chi connectivity index (χ0) is 11.3. The molecule has 1 rings (SSSR count). The SMILES string of the molecule is O=C(OO[PH](=O)O)c1ccccc1CO. The maximum atomic E-state index is 11.2. The first kappa shape index (κ1) is 11.9. The topological polar surface area (TPSA) is 93.1 Å². The predicted molar refractivity (Wildman–Crippen MR) is 50.1 cm³/mol. The Labute approximate surface area is 85.9 Å².